The Labute approximate surface area is 113 Å². The fourth-order valence-electron chi connectivity index (χ4n) is 1.91. The van der Waals surface area contributed by atoms with Crippen LogP contribution in [-0.2, 0) is 10.0 Å². The van der Waals surface area contributed by atoms with E-state index < -0.39 is 10.0 Å². The lowest BCUT2D eigenvalue weighted by Crippen LogP contribution is -2.37. The van der Waals surface area contributed by atoms with Crippen molar-refractivity contribution in [3.63, 3.8) is 0 Å². The predicted octanol–water partition coefficient (Wildman–Crippen LogP) is 2.22. The third kappa shape index (κ3) is 3.78. The van der Waals surface area contributed by atoms with Crippen molar-refractivity contribution in [1.82, 2.24) is 4.72 Å². The molecule has 0 aliphatic rings. The average Bonchev–Trinajstić information content (AvgIpc) is 2.89. The first-order chi connectivity index (χ1) is 8.49. The lowest BCUT2D eigenvalue weighted by atomic mass is 9.80. The molecule has 0 saturated carbocycles. The van der Waals surface area contributed by atoms with Crippen LogP contribution < -0.4 is 4.72 Å². The first-order valence-corrected chi connectivity index (χ1v) is 8.50. The van der Waals surface area contributed by atoms with E-state index in [2.05, 4.69) is 4.72 Å². The Hall–Kier alpha value is -0.430. The summed E-state index contributed by atoms with van der Waals surface area (Å²) in [6, 6.07) is 3.32. The van der Waals surface area contributed by atoms with Crippen LogP contribution in [0.2, 0.25) is 0 Å². The molecule has 0 amide bonds. The molecule has 0 saturated heterocycles. The molecule has 104 valence electrons. The first-order valence-electron chi connectivity index (χ1n) is 6.13. The van der Waals surface area contributed by atoms with E-state index in [-0.39, 0.29) is 12.0 Å². The topological polar surface area (TPSA) is 66.4 Å². The third-order valence-electron chi connectivity index (χ3n) is 3.54. The molecule has 1 heterocycles. The van der Waals surface area contributed by atoms with E-state index in [1.165, 1.54) is 11.3 Å². The van der Waals surface area contributed by atoms with Gasteiger partial charge in [0.1, 0.15) is 4.21 Å². The maximum atomic E-state index is 12.0. The van der Waals surface area contributed by atoms with Crippen LogP contribution in [0, 0.1) is 5.41 Å². The standard InChI is InChI=1S/C12H21NO3S2/c1-3-12(4-2,7-8-14)10-13-18(15,16)11-6-5-9-17-11/h5-6,9,13-14H,3-4,7-8,10H2,1-2H3. The summed E-state index contributed by atoms with van der Waals surface area (Å²) >= 11 is 1.21. The van der Waals surface area contributed by atoms with Crippen molar-refractivity contribution in [2.24, 2.45) is 5.41 Å². The molecule has 0 aliphatic carbocycles. The Morgan fingerprint density at radius 2 is 2.06 bits per heavy atom. The van der Waals surface area contributed by atoms with E-state index in [1.807, 2.05) is 13.8 Å². The van der Waals surface area contributed by atoms with Crippen molar-refractivity contribution < 1.29 is 13.5 Å². The molecule has 0 radical (unpaired) electrons. The van der Waals surface area contributed by atoms with Crippen LogP contribution in [0.25, 0.3) is 0 Å². The van der Waals surface area contributed by atoms with Gasteiger partial charge in [0.25, 0.3) is 0 Å². The van der Waals surface area contributed by atoms with Crippen molar-refractivity contribution in [3.8, 4) is 0 Å². The lowest BCUT2D eigenvalue weighted by molar-refractivity contribution is 0.170. The number of nitrogens with one attached hydrogen (secondary N) is 1. The summed E-state index contributed by atoms with van der Waals surface area (Å²) in [5.74, 6) is 0. The lowest BCUT2D eigenvalue weighted by Gasteiger charge is -2.31. The zero-order valence-electron chi connectivity index (χ0n) is 10.8. The minimum absolute atomic E-state index is 0.0857. The zero-order chi connectivity index (χ0) is 13.6. The van der Waals surface area contributed by atoms with Crippen LogP contribution in [-0.4, -0.2) is 26.7 Å². The number of aliphatic hydroxyl groups is 1. The summed E-state index contributed by atoms with van der Waals surface area (Å²) in [6.07, 6.45) is 2.31. The van der Waals surface area contributed by atoms with Gasteiger partial charge < -0.3 is 5.11 Å². The first kappa shape index (κ1) is 15.6. The Bertz CT molecular complexity index is 436. The van der Waals surface area contributed by atoms with Gasteiger partial charge in [-0.15, -0.1) is 11.3 Å². The van der Waals surface area contributed by atoms with Crippen LogP contribution in [0.5, 0.6) is 0 Å². The third-order valence-corrected chi connectivity index (χ3v) is 6.34. The maximum absolute atomic E-state index is 12.0. The highest BCUT2D eigenvalue weighted by Crippen LogP contribution is 2.30. The fourth-order valence-corrected chi connectivity index (χ4v) is 4.11. The van der Waals surface area contributed by atoms with Gasteiger partial charge in [0.15, 0.2) is 0 Å². The van der Waals surface area contributed by atoms with Crippen LogP contribution >= 0.6 is 11.3 Å². The van der Waals surface area contributed by atoms with Gasteiger partial charge in [0, 0.05) is 13.2 Å². The van der Waals surface area contributed by atoms with Crippen molar-refractivity contribution in [3.05, 3.63) is 17.5 Å². The molecular weight excluding hydrogens is 270 g/mol. The van der Waals surface area contributed by atoms with E-state index in [4.69, 9.17) is 5.11 Å². The van der Waals surface area contributed by atoms with Gasteiger partial charge in [-0.2, -0.15) is 0 Å². The monoisotopic (exact) mass is 291 g/mol. The normalized spacial score (nSPS) is 12.8. The molecule has 0 atom stereocenters. The van der Waals surface area contributed by atoms with Crippen molar-refractivity contribution >= 4 is 21.4 Å². The van der Waals surface area contributed by atoms with Crippen molar-refractivity contribution in [2.75, 3.05) is 13.2 Å². The van der Waals surface area contributed by atoms with Gasteiger partial charge >= 0.3 is 0 Å². The van der Waals surface area contributed by atoms with E-state index in [9.17, 15) is 8.42 Å². The smallest absolute Gasteiger partial charge is 0.250 e. The number of rotatable bonds is 8. The highest BCUT2D eigenvalue weighted by Gasteiger charge is 2.28. The molecule has 0 fully saturated rings. The number of hydrogen-bond donors (Lipinski definition) is 2. The number of aliphatic hydroxyl groups excluding tert-OH is 1. The maximum Gasteiger partial charge on any atom is 0.250 e. The second kappa shape index (κ2) is 6.65. The van der Waals surface area contributed by atoms with E-state index in [1.54, 1.807) is 17.5 Å². The van der Waals surface area contributed by atoms with E-state index in [0.29, 0.717) is 17.2 Å². The second-order valence-electron chi connectivity index (χ2n) is 4.44. The number of sulfonamides is 1. The molecule has 1 aromatic rings. The summed E-state index contributed by atoms with van der Waals surface area (Å²) in [6.45, 7) is 4.51. The zero-order valence-corrected chi connectivity index (χ0v) is 12.5. The van der Waals surface area contributed by atoms with E-state index in [0.717, 1.165) is 12.8 Å². The largest absolute Gasteiger partial charge is 0.396 e. The van der Waals surface area contributed by atoms with Gasteiger partial charge in [-0.25, -0.2) is 13.1 Å². The molecule has 0 bridgehead atoms. The molecule has 0 aliphatic heterocycles. The van der Waals surface area contributed by atoms with Crippen LogP contribution in [0.3, 0.4) is 0 Å². The number of hydrogen-bond acceptors (Lipinski definition) is 4. The Balaban J connectivity index is 2.74. The van der Waals surface area contributed by atoms with Crippen molar-refractivity contribution in [2.45, 2.75) is 37.3 Å². The highest BCUT2D eigenvalue weighted by molar-refractivity contribution is 7.91. The fraction of sp³-hybridized carbons (Fsp3) is 0.667. The van der Waals surface area contributed by atoms with Crippen molar-refractivity contribution in [1.29, 1.82) is 0 Å². The summed E-state index contributed by atoms with van der Waals surface area (Å²) < 4.78 is 27.0. The quantitative estimate of drug-likeness (QED) is 0.772. The Kier molecular flexibility index (Phi) is 5.78. The second-order valence-corrected chi connectivity index (χ2v) is 7.38. The van der Waals surface area contributed by atoms with Crippen LogP contribution in [0.4, 0.5) is 0 Å². The average molecular weight is 291 g/mol. The van der Waals surface area contributed by atoms with Gasteiger partial charge in [0.05, 0.1) is 0 Å². The Morgan fingerprint density at radius 1 is 1.39 bits per heavy atom. The molecule has 0 aromatic carbocycles. The van der Waals surface area contributed by atoms with Crippen LogP contribution in [0.1, 0.15) is 33.1 Å². The molecule has 0 unspecified atom stereocenters. The molecule has 1 aromatic heterocycles. The highest BCUT2D eigenvalue weighted by atomic mass is 32.2. The Morgan fingerprint density at radius 3 is 2.50 bits per heavy atom. The van der Waals surface area contributed by atoms with Crippen LogP contribution in [0.15, 0.2) is 21.7 Å². The summed E-state index contributed by atoms with van der Waals surface area (Å²) in [5.41, 5.74) is -0.154. The molecule has 0 spiro atoms. The summed E-state index contributed by atoms with van der Waals surface area (Å²) in [7, 11) is -3.40. The molecule has 2 N–H and O–H groups in total. The molecule has 18 heavy (non-hydrogen) atoms. The summed E-state index contributed by atoms with van der Waals surface area (Å²) in [5, 5.41) is 10.8. The molecular formula is C12H21NO3S2. The predicted molar refractivity (Wildman–Crippen MR) is 74.2 cm³/mol. The molecule has 6 heteroatoms. The minimum atomic E-state index is -3.40. The SMILES string of the molecule is CCC(CC)(CCO)CNS(=O)(=O)c1cccs1. The van der Waals surface area contributed by atoms with Gasteiger partial charge in [-0.3, -0.25) is 0 Å². The molecule has 4 nitrogen and oxygen atoms in total. The van der Waals surface area contributed by atoms with Gasteiger partial charge in [-0.05, 0) is 36.1 Å². The van der Waals surface area contributed by atoms with E-state index >= 15 is 0 Å². The minimum Gasteiger partial charge on any atom is -0.396 e. The number of thiophene rings is 1. The van der Waals surface area contributed by atoms with Gasteiger partial charge in [-0.1, -0.05) is 19.9 Å². The van der Waals surface area contributed by atoms with Gasteiger partial charge in [0.2, 0.25) is 10.0 Å². The molecule has 1 rings (SSSR count). The summed E-state index contributed by atoms with van der Waals surface area (Å²) in [4.78, 5) is 0.